The lowest BCUT2D eigenvalue weighted by atomic mass is 10.0. The summed E-state index contributed by atoms with van der Waals surface area (Å²) in [5, 5.41) is 3.10. The molecule has 2 amide bonds. The molecule has 0 bridgehead atoms. The summed E-state index contributed by atoms with van der Waals surface area (Å²) in [6.45, 7) is 7.09. The molecule has 0 radical (unpaired) electrons. The zero-order chi connectivity index (χ0) is 17.8. The zero-order valence-electron chi connectivity index (χ0n) is 15.0. The summed E-state index contributed by atoms with van der Waals surface area (Å²) < 4.78 is 5.80. The fourth-order valence-corrected chi connectivity index (χ4v) is 3.55. The molecular weight excluding hydrogens is 318 g/mol. The fourth-order valence-electron chi connectivity index (χ4n) is 3.55. The van der Waals surface area contributed by atoms with Gasteiger partial charge < -0.3 is 19.9 Å². The average molecular weight is 345 g/mol. The third kappa shape index (κ3) is 4.31. The van der Waals surface area contributed by atoms with Crippen LogP contribution in [-0.4, -0.2) is 66.5 Å². The molecule has 3 rings (SSSR count). The molecule has 2 aliphatic rings. The minimum atomic E-state index is -0.528. The number of hydrogen-bond donors (Lipinski definition) is 1. The molecule has 2 unspecified atom stereocenters. The molecule has 0 aliphatic carbocycles. The maximum atomic E-state index is 12.8. The zero-order valence-corrected chi connectivity index (χ0v) is 15.0. The minimum absolute atomic E-state index is 0.00661. The van der Waals surface area contributed by atoms with Crippen LogP contribution in [0.5, 0.6) is 5.75 Å². The maximum absolute atomic E-state index is 12.8. The number of carbonyl (C=O) groups excluding carboxylic acids is 2. The van der Waals surface area contributed by atoms with Gasteiger partial charge in [0.1, 0.15) is 5.75 Å². The van der Waals surface area contributed by atoms with E-state index in [0.717, 1.165) is 38.0 Å². The van der Waals surface area contributed by atoms with Crippen LogP contribution in [0.2, 0.25) is 0 Å². The summed E-state index contributed by atoms with van der Waals surface area (Å²) in [6, 6.07) is 7.84. The van der Waals surface area contributed by atoms with Crippen LogP contribution in [0, 0.1) is 6.92 Å². The summed E-state index contributed by atoms with van der Waals surface area (Å²) in [5.74, 6) is 0.833. The summed E-state index contributed by atoms with van der Waals surface area (Å²) in [4.78, 5) is 28.7. The Kier molecular flexibility index (Phi) is 5.58. The van der Waals surface area contributed by atoms with Crippen LogP contribution in [-0.2, 0) is 9.59 Å². The Morgan fingerprint density at radius 1 is 1.28 bits per heavy atom. The highest BCUT2D eigenvalue weighted by Crippen LogP contribution is 2.19. The Hall–Kier alpha value is -2.08. The first-order valence-electron chi connectivity index (χ1n) is 9.07. The van der Waals surface area contributed by atoms with Gasteiger partial charge in [0.15, 0.2) is 6.10 Å². The summed E-state index contributed by atoms with van der Waals surface area (Å²) >= 11 is 0. The number of benzene rings is 1. The number of hydrogen-bond acceptors (Lipinski definition) is 4. The number of rotatable bonds is 4. The van der Waals surface area contributed by atoms with Crippen molar-refractivity contribution in [2.45, 2.75) is 38.8 Å². The van der Waals surface area contributed by atoms with E-state index in [1.54, 1.807) is 6.92 Å². The molecule has 2 saturated heterocycles. The molecule has 1 aromatic rings. The first-order valence-corrected chi connectivity index (χ1v) is 9.07. The van der Waals surface area contributed by atoms with Gasteiger partial charge in [-0.15, -0.1) is 0 Å². The van der Waals surface area contributed by atoms with Crippen molar-refractivity contribution < 1.29 is 14.3 Å². The highest BCUT2D eigenvalue weighted by molar-refractivity contribution is 5.82. The number of likely N-dealkylation sites (tertiary alicyclic amines) is 1. The van der Waals surface area contributed by atoms with Crippen molar-refractivity contribution >= 4 is 11.8 Å². The third-order valence-corrected chi connectivity index (χ3v) is 4.96. The number of piperidine rings is 1. The van der Waals surface area contributed by atoms with E-state index >= 15 is 0 Å². The van der Waals surface area contributed by atoms with E-state index in [9.17, 15) is 9.59 Å². The van der Waals surface area contributed by atoms with E-state index in [1.807, 2.05) is 41.0 Å². The number of aryl methyl sites for hydroxylation is 1. The molecule has 2 heterocycles. The van der Waals surface area contributed by atoms with Gasteiger partial charge in [0.25, 0.3) is 5.91 Å². The number of nitrogens with zero attached hydrogens (tertiary/aromatic N) is 2. The van der Waals surface area contributed by atoms with E-state index in [2.05, 4.69) is 5.32 Å². The molecule has 6 heteroatoms. The van der Waals surface area contributed by atoms with E-state index < -0.39 is 6.10 Å². The molecule has 2 atom stereocenters. The normalized spacial score (nSPS) is 22.6. The van der Waals surface area contributed by atoms with Crippen LogP contribution >= 0.6 is 0 Å². The second kappa shape index (κ2) is 7.87. The van der Waals surface area contributed by atoms with Crippen LogP contribution < -0.4 is 10.1 Å². The molecule has 2 aliphatic heterocycles. The van der Waals surface area contributed by atoms with Crippen LogP contribution in [0.4, 0.5) is 0 Å². The minimum Gasteiger partial charge on any atom is -0.481 e. The van der Waals surface area contributed by atoms with Gasteiger partial charge in [0.2, 0.25) is 5.91 Å². The van der Waals surface area contributed by atoms with Crippen molar-refractivity contribution in [2.75, 3.05) is 32.7 Å². The Balaban J connectivity index is 1.59. The van der Waals surface area contributed by atoms with Crippen molar-refractivity contribution in [1.82, 2.24) is 15.1 Å². The molecule has 0 aromatic heterocycles. The second-order valence-electron chi connectivity index (χ2n) is 6.92. The highest BCUT2D eigenvalue weighted by Gasteiger charge is 2.33. The van der Waals surface area contributed by atoms with Crippen molar-refractivity contribution in [2.24, 2.45) is 0 Å². The van der Waals surface area contributed by atoms with Gasteiger partial charge in [-0.2, -0.15) is 0 Å². The van der Waals surface area contributed by atoms with Crippen molar-refractivity contribution in [1.29, 1.82) is 0 Å². The molecule has 1 N–H and O–H groups in total. The molecule has 136 valence electrons. The van der Waals surface area contributed by atoms with Crippen molar-refractivity contribution in [3.8, 4) is 5.75 Å². The highest BCUT2D eigenvalue weighted by atomic mass is 16.5. The van der Waals surface area contributed by atoms with Gasteiger partial charge >= 0.3 is 0 Å². The maximum Gasteiger partial charge on any atom is 0.263 e. The van der Waals surface area contributed by atoms with Gasteiger partial charge in [-0.1, -0.05) is 17.7 Å². The Morgan fingerprint density at radius 3 is 2.76 bits per heavy atom. The quantitative estimate of drug-likeness (QED) is 0.890. The molecule has 6 nitrogen and oxygen atoms in total. The van der Waals surface area contributed by atoms with Gasteiger partial charge in [-0.05, 0) is 38.8 Å². The smallest absolute Gasteiger partial charge is 0.263 e. The van der Waals surface area contributed by atoms with Crippen molar-refractivity contribution in [3.05, 3.63) is 29.8 Å². The third-order valence-electron chi connectivity index (χ3n) is 4.96. The number of carbonyl (C=O) groups is 2. The van der Waals surface area contributed by atoms with Gasteiger partial charge in [-0.3, -0.25) is 9.59 Å². The molecule has 0 saturated carbocycles. The van der Waals surface area contributed by atoms with Gasteiger partial charge in [0.05, 0.1) is 6.54 Å². The van der Waals surface area contributed by atoms with Crippen LogP contribution in [0.25, 0.3) is 0 Å². The van der Waals surface area contributed by atoms with Crippen LogP contribution in [0.3, 0.4) is 0 Å². The Bertz CT molecular complexity index is 617. The molecular formula is C19H27N3O3. The first kappa shape index (κ1) is 17.7. The van der Waals surface area contributed by atoms with Crippen LogP contribution in [0.1, 0.15) is 25.3 Å². The Morgan fingerprint density at radius 2 is 2.04 bits per heavy atom. The van der Waals surface area contributed by atoms with E-state index in [-0.39, 0.29) is 17.9 Å². The monoisotopic (exact) mass is 345 g/mol. The molecule has 25 heavy (non-hydrogen) atoms. The number of ether oxygens (including phenoxy) is 1. The average Bonchev–Trinajstić information content (AvgIpc) is 2.63. The summed E-state index contributed by atoms with van der Waals surface area (Å²) in [5.41, 5.74) is 1.16. The predicted octanol–water partition coefficient (Wildman–Crippen LogP) is 1.19. The van der Waals surface area contributed by atoms with Gasteiger partial charge in [-0.25, -0.2) is 0 Å². The molecule has 0 spiro atoms. The number of piperazine rings is 1. The standard InChI is InChI=1S/C19H27N3O3/c1-14-5-7-17(8-6-14)25-15(2)19(24)21-10-3-4-16(13-21)22-11-9-20-12-18(22)23/h5-8,15-16,20H,3-4,9-13H2,1-2H3. The lowest BCUT2D eigenvalue weighted by Crippen LogP contribution is -2.58. The van der Waals surface area contributed by atoms with Crippen LogP contribution in [0.15, 0.2) is 24.3 Å². The fraction of sp³-hybridized carbons (Fsp3) is 0.579. The van der Waals surface area contributed by atoms with E-state index in [1.165, 1.54) is 0 Å². The number of amides is 2. The summed E-state index contributed by atoms with van der Waals surface area (Å²) in [6.07, 6.45) is 1.35. The van der Waals surface area contributed by atoms with E-state index in [4.69, 9.17) is 4.74 Å². The first-order chi connectivity index (χ1) is 12.0. The molecule has 1 aromatic carbocycles. The van der Waals surface area contributed by atoms with E-state index in [0.29, 0.717) is 18.8 Å². The SMILES string of the molecule is Cc1ccc(OC(C)C(=O)N2CCCC(N3CCNCC3=O)C2)cc1. The largest absolute Gasteiger partial charge is 0.481 e. The summed E-state index contributed by atoms with van der Waals surface area (Å²) in [7, 11) is 0. The predicted molar refractivity (Wildman–Crippen MR) is 95.5 cm³/mol. The lowest BCUT2D eigenvalue weighted by Gasteiger charge is -2.41. The Labute approximate surface area is 149 Å². The molecule has 2 fully saturated rings. The second-order valence-corrected chi connectivity index (χ2v) is 6.92. The lowest BCUT2D eigenvalue weighted by molar-refractivity contribution is -0.144. The number of nitrogens with one attached hydrogen (secondary N) is 1. The van der Waals surface area contributed by atoms with Gasteiger partial charge in [0, 0.05) is 32.2 Å². The topological polar surface area (TPSA) is 61.9 Å². The van der Waals surface area contributed by atoms with Crippen molar-refractivity contribution in [3.63, 3.8) is 0 Å².